The second-order valence-corrected chi connectivity index (χ2v) is 4.43. The Labute approximate surface area is 98.6 Å². The van der Waals surface area contributed by atoms with E-state index in [0.29, 0.717) is 5.92 Å². The van der Waals surface area contributed by atoms with Gasteiger partial charge in [0.15, 0.2) is 0 Å². The number of hydrogen-bond donors (Lipinski definition) is 0. The summed E-state index contributed by atoms with van der Waals surface area (Å²) in [5.41, 5.74) is 2.59. The predicted molar refractivity (Wildman–Crippen MR) is 67.3 cm³/mol. The Kier molecular flexibility index (Phi) is 5.33. The molecule has 0 heterocycles. The zero-order valence-electron chi connectivity index (χ0n) is 10.7. The number of hydrogen-bond acceptors (Lipinski definition) is 2. The lowest BCUT2D eigenvalue weighted by atomic mass is 10.0. The summed E-state index contributed by atoms with van der Waals surface area (Å²) < 4.78 is 10.7. The molecule has 0 saturated heterocycles. The van der Waals surface area contributed by atoms with Crippen molar-refractivity contribution in [1.82, 2.24) is 0 Å². The second-order valence-electron chi connectivity index (χ2n) is 4.43. The van der Waals surface area contributed by atoms with Crippen LogP contribution in [0.1, 0.15) is 37.3 Å². The van der Waals surface area contributed by atoms with Gasteiger partial charge >= 0.3 is 0 Å². The van der Waals surface area contributed by atoms with E-state index >= 15 is 0 Å². The summed E-state index contributed by atoms with van der Waals surface area (Å²) in [5, 5.41) is 0. The molecule has 0 spiro atoms. The summed E-state index contributed by atoms with van der Waals surface area (Å²) in [6, 6.07) is 6.43. The van der Waals surface area contributed by atoms with Crippen LogP contribution in [0.5, 0.6) is 5.75 Å². The van der Waals surface area contributed by atoms with Gasteiger partial charge in [-0.3, -0.25) is 0 Å². The van der Waals surface area contributed by atoms with Crippen molar-refractivity contribution in [2.24, 2.45) is 0 Å². The van der Waals surface area contributed by atoms with Gasteiger partial charge in [0.25, 0.3) is 0 Å². The number of aryl methyl sites for hydroxylation is 1. The fraction of sp³-hybridized carbons (Fsp3) is 0.571. The van der Waals surface area contributed by atoms with Crippen LogP contribution in [-0.2, 0) is 4.74 Å². The summed E-state index contributed by atoms with van der Waals surface area (Å²) in [7, 11) is 1.71. The van der Waals surface area contributed by atoms with Crippen LogP contribution in [0.3, 0.4) is 0 Å². The molecule has 1 aromatic carbocycles. The fourth-order valence-corrected chi connectivity index (χ4v) is 1.59. The minimum Gasteiger partial charge on any atom is -0.493 e. The lowest BCUT2D eigenvalue weighted by Crippen LogP contribution is -2.02. The highest BCUT2D eigenvalue weighted by Gasteiger charge is 2.03. The summed E-state index contributed by atoms with van der Waals surface area (Å²) in [4.78, 5) is 0. The van der Waals surface area contributed by atoms with E-state index < -0.39 is 0 Å². The number of benzene rings is 1. The van der Waals surface area contributed by atoms with Gasteiger partial charge in [-0.15, -0.1) is 0 Å². The van der Waals surface area contributed by atoms with Crippen molar-refractivity contribution in [2.45, 2.75) is 33.1 Å². The van der Waals surface area contributed by atoms with Gasteiger partial charge in [-0.25, -0.2) is 0 Å². The predicted octanol–water partition coefficient (Wildman–Crippen LogP) is 3.53. The van der Waals surface area contributed by atoms with E-state index in [4.69, 9.17) is 9.47 Å². The number of rotatable bonds is 6. The van der Waals surface area contributed by atoms with Crippen LogP contribution >= 0.6 is 0 Å². The van der Waals surface area contributed by atoms with Gasteiger partial charge < -0.3 is 9.47 Å². The number of methoxy groups -OCH3 is 1. The van der Waals surface area contributed by atoms with Gasteiger partial charge in [-0.2, -0.15) is 0 Å². The molecule has 2 nitrogen and oxygen atoms in total. The third kappa shape index (κ3) is 4.23. The van der Waals surface area contributed by atoms with Crippen molar-refractivity contribution in [3.63, 3.8) is 0 Å². The highest BCUT2D eigenvalue weighted by Crippen LogP contribution is 2.22. The average molecular weight is 222 g/mol. The normalized spacial score (nSPS) is 10.8. The molecule has 0 amide bonds. The first kappa shape index (κ1) is 13.0. The van der Waals surface area contributed by atoms with Crippen LogP contribution in [-0.4, -0.2) is 20.3 Å². The highest BCUT2D eigenvalue weighted by atomic mass is 16.5. The lowest BCUT2D eigenvalue weighted by molar-refractivity contribution is 0.172. The summed E-state index contributed by atoms with van der Waals surface area (Å²) >= 11 is 0. The molecule has 2 heteroatoms. The average Bonchev–Trinajstić information content (AvgIpc) is 2.23. The SMILES string of the molecule is COCCCOc1cc(C)cc(C(C)C)c1. The molecule has 0 atom stereocenters. The Bertz CT molecular complexity index is 319. The standard InChI is InChI=1S/C14H22O2/c1-11(2)13-8-12(3)9-14(10-13)16-7-5-6-15-4/h8-11H,5-7H2,1-4H3. The maximum atomic E-state index is 5.70. The highest BCUT2D eigenvalue weighted by molar-refractivity contribution is 5.35. The third-order valence-corrected chi connectivity index (χ3v) is 2.50. The van der Waals surface area contributed by atoms with E-state index in [-0.39, 0.29) is 0 Å². The molecule has 90 valence electrons. The van der Waals surface area contributed by atoms with E-state index in [1.165, 1.54) is 11.1 Å². The van der Waals surface area contributed by atoms with Crippen molar-refractivity contribution in [3.05, 3.63) is 29.3 Å². The van der Waals surface area contributed by atoms with Gasteiger partial charge in [0.1, 0.15) is 5.75 Å². The molecule has 0 fully saturated rings. The monoisotopic (exact) mass is 222 g/mol. The fourth-order valence-electron chi connectivity index (χ4n) is 1.59. The molecule has 0 aliphatic carbocycles. The van der Waals surface area contributed by atoms with Crippen LogP contribution in [0.15, 0.2) is 18.2 Å². The van der Waals surface area contributed by atoms with E-state index in [2.05, 4.69) is 39.0 Å². The van der Waals surface area contributed by atoms with E-state index in [0.717, 1.165) is 25.4 Å². The van der Waals surface area contributed by atoms with E-state index in [9.17, 15) is 0 Å². The minimum atomic E-state index is 0.543. The lowest BCUT2D eigenvalue weighted by Gasteiger charge is -2.11. The first-order valence-corrected chi connectivity index (χ1v) is 5.87. The van der Waals surface area contributed by atoms with E-state index in [1.807, 2.05) is 0 Å². The maximum absolute atomic E-state index is 5.70. The molecule has 0 unspecified atom stereocenters. The smallest absolute Gasteiger partial charge is 0.119 e. The molecule has 0 aliphatic rings. The molecular formula is C14H22O2. The zero-order valence-corrected chi connectivity index (χ0v) is 10.7. The molecule has 0 aliphatic heterocycles. The van der Waals surface area contributed by atoms with Crippen LogP contribution in [0.4, 0.5) is 0 Å². The molecular weight excluding hydrogens is 200 g/mol. The molecule has 0 N–H and O–H groups in total. The summed E-state index contributed by atoms with van der Waals surface area (Å²) in [5.74, 6) is 1.51. The van der Waals surface area contributed by atoms with Gasteiger partial charge in [0, 0.05) is 20.1 Å². The van der Waals surface area contributed by atoms with Crippen molar-refractivity contribution >= 4 is 0 Å². The number of ether oxygens (including phenoxy) is 2. The van der Waals surface area contributed by atoms with Crippen molar-refractivity contribution in [3.8, 4) is 5.75 Å². The molecule has 0 radical (unpaired) electrons. The minimum absolute atomic E-state index is 0.543. The Balaban J connectivity index is 2.58. The Morgan fingerprint density at radius 2 is 1.88 bits per heavy atom. The van der Waals surface area contributed by atoms with Gasteiger partial charge in [0.2, 0.25) is 0 Å². The molecule has 0 bridgehead atoms. The Morgan fingerprint density at radius 3 is 2.50 bits per heavy atom. The quantitative estimate of drug-likeness (QED) is 0.685. The summed E-state index contributed by atoms with van der Waals surface area (Å²) in [6.45, 7) is 7.97. The molecule has 16 heavy (non-hydrogen) atoms. The topological polar surface area (TPSA) is 18.5 Å². The van der Waals surface area contributed by atoms with Crippen molar-refractivity contribution < 1.29 is 9.47 Å². The van der Waals surface area contributed by atoms with E-state index in [1.54, 1.807) is 7.11 Å². The Morgan fingerprint density at radius 1 is 1.12 bits per heavy atom. The molecule has 1 aromatic rings. The second kappa shape index (κ2) is 6.54. The zero-order chi connectivity index (χ0) is 12.0. The first-order valence-electron chi connectivity index (χ1n) is 5.87. The molecule has 1 rings (SSSR count). The van der Waals surface area contributed by atoms with Crippen LogP contribution in [0.25, 0.3) is 0 Å². The van der Waals surface area contributed by atoms with Gasteiger partial charge in [-0.1, -0.05) is 19.9 Å². The van der Waals surface area contributed by atoms with Crippen LogP contribution in [0, 0.1) is 6.92 Å². The van der Waals surface area contributed by atoms with Gasteiger partial charge in [0.05, 0.1) is 6.61 Å². The van der Waals surface area contributed by atoms with Crippen LogP contribution in [0.2, 0.25) is 0 Å². The molecule has 0 aromatic heterocycles. The Hall–Kier alpha value is -1.02. The molecule has 0 saturated carbocycles. The largest absolute Gasteiger partial charge is 0.493 e. The maximum Gasteiger partial charge on any atom is 0.119 e. The first-order chi connectivity index (χ1) is 7.63. The summed E-state index contributed by atoms with van der Waals surface area (Å²) in [6.07, 6.45) is 0.932. The van der Waals surface area contributed by atoms with Crippen LogP contribution < -0.4 is 4.74 Å². The van der Waals surface area contributed by atoms with Crippen molar-refractivity contribution in [1.29, 1.82) is 0 Å². The van der Waals surface area contributed by atoms with Gasteiger partial charge in [-0.05, 0) is 36.1 Å². The third-order valence-electron chi connectivity index (χ3n) is 2.50. The van der Waals surface area contributed by atoms with Crippen molar-refractivity contribution in [2.75, 3.05) is 20.3 Å².